The average molecular weight is 254 g/mol. The maximum atomic E-state index is 12.3. The fourth-order valence-electron chi connectivity index (χ4n) is 2.02. The molecule has 3 heteroatoms. The summed E-state index contributed by atoms with van der Waals surface area (Å²) in [5, 5.41) is -0.621. The van der Waals surface area contributed by atoms with Gasteiger partial charge in [-0.3, -0.25) is 9.59 Å². The predicted octanol–water partition coefficient (Wildman–Crippen LogP) is 3.23. The number of ketones is 2. The van der Waals surface area contributed by atoms with E-state index in [0.29, 0.717) is 11.1 Å². The van der Waals surface area contributed by atoms with Crippen LogP contribution in [-0.2, 0) is 0 Å². The summed E-state index contributed by atoms with van der Waals surface area (Å²) in [5.41, 5.74) is 1.26. The maximum Gasteiger partial charge on any atom is 0.185 e. The number of rotatable bonds is 2. The Morgan fingerprint density at radius 3 is 2.33 bits per heavy atom. The first-order chi connectivity index (χ1) is 8.77. The van der Waals surface area contributed by atoms with E-state index < -0.39 is 5.25 Å². The second-order valence-electron chi connectivity index (χ2n) is 4.09. The van der Waals surface area contributed by atoms with E-state index in [0.717, 1.165) is 4.90 Å². The molecule has 2 nitrogen and oxygen atoms in total. The van der Waals surface area contributed by atoms with Crippen molar-refractivity contribution in [2.75, 3.05) is 0 Å². The molecule has 0 saturated carbocycles. The lowest BCUT2D eigenvalue weighted by Crippen LogP contribution is -2.23. The van der Waals surface area contributed by atoms with E-state index in [-0.39, 0.29) is 11.6 Å². The van der Waals surface area contributed by atoms with Crippen molar-refractivity contribution in [1.29, 1.82) is 0 Å². The number of thioether (sulfide) groups is 1. The van der Waals surface area contributed by atoms with E-state index >= 15 is 0 Å². The van der Waals surface area contributed by atoms with Crippen LogP contribution in [0, 0.1) is 0 Å². The highest BCUT2D eigenvalue weighted by Crippen LogP contribution is 2.38. The van der Waals surface area contributed by atoms with Crippen LogP contribution in [0.3, 0.4) is 0 Å². The minimum absolute atomic E-state index is 0.0792. The van der Waals surface area contributed by atoms with Crippen molar-refractivity contribution < 1.29 is 9.59 Å². The number of Topliss-reactive ketones (excluding diaryl/α,β-unsaturated/α-hetero) is 2. The number of benzene rings is 2. The number of hydrogen-bond donors (Lipinski definition) is 0. The Hall–Kier alpha value is -1.87. The molecule has 1 unspecified atom stereocenters. The third kappa shape index (κ3) is 1.77. The molecule has 1 heterocycles. The quantitative estimate of drug-likeness (QED) is 0.609. The summed E-state index contributed by atoms with van der Waals surface area (Å²) in [6, 6.07) is 16.3. The fourth-order valence-corrected chi connectivity index (χ4v) is 3.20. The van der Waals surface area contributed by atoms with Crippen LogP contribution in [0.25, 0.3) is 0 Å². The molecular formula is C15H10O2S. The van der Waals surface area contributed by atoms with E-state index in [1.807, 2.05) is 36.4 Å². The summed E-state index contributed by atoms with van der Waals surface area (Å²) < 4.78 is 0. The molecule has 0 aliphatic carbocycles. The van der Waals surface area contributed by atoms with Gasteiger partial charge in [0.05, 0.1) is 0 Å². The molecule has 1 aliphatic rings. The molecule has 0 radical (unpaired) electrons. The van der Waals surface area contributed by atoms with Gasteiger partial charge in [-0.05, 0) is 6.07 Å². The smallest absolute Gasteiger partial charge is 0.185 e. The Labute approximate surface area is 109 Å². The predicted molar refractivity (Wildman–Crippen MR) is 71.2 cm³/mol. The van der Waals surface area contributed by atoms with Crippen LogP contribution >= 0.6 is 11.8 Å². The van der Waals surface area contributed by atoms with Crippen molar-refractivity contribution in [3.63, 3.8) is 0 Å². The second-order valence-corrected chi connectivity index (χ2v) is 5.24. The van der Waals surface area contributed by atoms with E-state index in [1.54, 1.807) is 18.2 Å². The normalized spacial score (nSPS) is 17.6. The molecule has 88 valence electrons. The molecule has 0 bridgehead atoms. The number of carbonyl (C=O) groups excluding carboxylic acids is 2. The molecule has 0 fully saturated rings. The van der Waals surface area contributed by atoms with Crippen molar-refractivity contribution in [1.82, 2.24) is 0 Å². The minimum Gasteiger partial charge on any atom is -0.292 e. The first-order valence-electron chi connectivity index (χ1n) is 5.66. The molecule has 0 spiro atoms. The number of carbonyl (C=O) groups is 2. The van der Waals surface area contributed by atoms with Crippen LogP contribution in [0.5, 0.6) is 0 Å². The zero-order valence-corrected chi connectivity index (χ0v) is 10.3. The number of hydrogen-bond acceptors (Lipinski definition) is 3. The van der Waals surface area contributed by atoms with Crippen molar-refractivity contribution in [2.24, 2.45) is 0 Å². The van der Waals surface area contributed by atoms with E-state index in [9.17, 15) is 9.59 Å². The van der Waals surface area contributed by atoms with Crippen molar-refractivity contribution in [3.05, 3.63) is 65.7 Å². The van der Waals surface area contributed by atoms with Gasteiger partial charge < -0.3 is 0 Å². The Balaban J connectivity index is 1.94. The summed E-state index contributed by atoms with van der Waals surface area (Å²) in [6.07, 6.45) is 0. The van der Waals surface area contributed by atoms with Gasteiger partial charge in [0.15, 0.2) is 11.6 Å². The summed E-state index contributed by atoms with van der Waals surface area (Å²) in [7, 11) is 0. The Morgan fingerprint density at radius 2 is 1.61 bits per heavy atom. The lowest BCUT2D eigenvalue weighted by molar-refractivity contribution is 0.0906. The lowest BCUT2D eigenvalue weighted by Gasteiger charge is -2.05. The summed E-state index contributed by atoms with van der Waals surface area (Å²) >= 11 is 1.35. The van der Waals surface area contributed by atoms with Crippen molar-refractivity contribution in [3.8, 4) is 0 Å². The molecule has 3 rings (SSSR count). The van der Waals surface area contributed by atoms with Gasteiger partial charge in [0, 0.05) is 16.0 Å². The molecular weight excluding hydrogens is 244 g/mol. The lowest BCUT2D eigenvalue weighted by atomic mass is 10.0. The molecule has 1 aliphatic heterocycles. The molecule has 0 amide bonds. The summed E-state index contributed by atoms with van der Waals surface area (Å²) in [4.78, 5) is 25.4. The maximum absolute atomic E-state index is 12.3. The first-order valence-corrected chi connectivity index (χ1v) is 6.54. The summed E-state index contributed by atoms with van der Waals surface area (Å²) in [6.45, 7) is 0. The Kier molecular flexibility index (Phi) is 2.76. The molecule has 0 aromatic heterocycles. The van der Waals surface area contributed by atoms with Gasteiger partial charge in [-0.1, -0.05) is 48.5 Å². The molecule has 0 N–H and O–H groups in total. The molecule has 18 heavy (non-hydrogen) atoms. The molecule has 2 aromatic carbocycles. The topological polar surface area (TPSA) is 34.1 Å². The van der Waals surface area contributed by atoms with Gasteiger partial charge >= 0.3 is 0 Å². The highest BCUT2D eigenvalue weighted by Gasteiger charge is 2.36. The van der Waals surface area contributed by atoms with Crippen LogP contribution in [0.15, 0.2) is 59.5 Å². The standard InChI is InChI=1S/C15H10O2S/c16-13(10-6-2-1-3-7-10)15-14(17)11-8-4-5-9-12(11)18-15/h1-9,15H. The van der Waals surface area contributed by atoms with Gasteiger partial charge in [-0.2, -0.15) is 0 Å². The largest absolute Gasteiger partial charge is 0.292 e. The SMILES string of the molecule is O=C(c1ccccc1)C1Sc2ccccc2C1=O. The zero-order chi connectivity index (χ0) is 12.5. The van der Waals surface area contributed by atoms with Crippen LogP contribution < -0.4 is 0 Å². The van der Waals surface area contributed by atoms with E-state index in [1.165, 1.54) is 11.8 Å². The minimum atomic E-state index is -0.621. The molecule has 1 atom stereocenters. The van der Waals surface area contributed by atoms with E-state index in [4.69, 9.17) is 0 Å². The second kappa shape index (κ2) is 4.42. The monoisotopic (exact) mass is 254 g/mol. The zero-order valence-electron chi connectivity index (χ0n) is 9.50. The molecule has 2 aromatic rings. The fraction of sp³-hybridized carbons (Fsp3) is 0.0667. The van der Waals surface area contributed by atoms with Gasteiger partial charge in [0.2, 0.25) is 0 Å². The van der Waals surface area contributed by atoms with Gasteiger partial charge in [-0.25, -0.2) is 0 Å². The van der Waals surface area contributed by atoms with Gasteiger partial charge in [0.25, 0.3) is 0 Å². The first kappa shape index (κ1) is 11.2. The van der Waals surface area contributed by atoms with Crippen molar-refractivity contribution in [2.45, 2.75) is 10.1 Å². The highest BCUT2D eigenvalue weighted by atomic mass is 32.2. The Morgan fingerprint density at radius 1 is 0.944 bits per heavy atom. The third-order valence-electron chi connectivity index (χ3n) is 2.93. The van der Waals surface area contributed by atoms with Gasteiger partial charge in [0.1, 0.15) is 5.25 Å². The van der Waals surface area contributed by atoms with Crippen molar-refractivity contribution >= 4 is 23.3 Å². The molecule has 0 saturated heterocycles. The van der Waals surface area contributed by atoms with Crippen LogP contribution in [-0.4, -0.2) is 16.8 Å². The third-order valence-corrected chi connectivity index (χ3v) is 4.21. The summed E-state index contributed by atoms with van der Waals surface area (Å²) in [5.74, 6) is -0.189. The van der Waals surface area contributed by atoms with Crippen LogP contribution in [0.4, 0.5) is 0 Å². The van der Waals surface area contributed by atoms with E-state index in [2.05, 4.69) is 0 Å². The number of fused-ring (bicyclic) bond motifs is 1. The Bertz CT molecular complexity index is 619. The van der Waals surface area contributed by atoms with Crippen LogP contribution in [0.2, 0.25) is 0 Å². The highest BCUT2D eigenvalue weighted by molar-refractivity contribution is 8.02. The van der Waals surface area contributed by atoms with Gasteiger partial charge in [-0.15, -0.1) is 11.8 Å². The van der Waals surface area contributed by atoms with Crippen LogP contribution in [0.1, 0.15) is 20.7 Å². The average Bonchev–Trinajstić information content (AvgIpc) is 2.77.